The SMILES string of the molecule is CCOC1=CC(=O)c2cccc(Br)c2C1=O. The molecule has 4 heteroatoms. The third-order valence-corrected chi connectivity index (χ3v) is 2.95. The molecule has 2 rings (SSSR count). The molecule has 0 saturated heterocycles. The summed E-state index contributed by atoms with van der Waals surface area (Å²) in [6.45, 7) is 2.14. The molecule has 0 N–H and O–H groups in total. The number of halogens is 1. The van der Waals surface area contributed by atoms with E-state index in [0.717, 1.165) is 0 Å². The van der Waals surface area contributed by atoms with Crippen molar-refractivity contribution in [3.8, 4) is 0 Å². The Hall–Kier alpha value is -1.42. The molecule has 0 aromatic heterocycles. The second-order valence-corrected chi connectivity index (χ2v) is 4.15. The molecule has 0 bridgehead atoms. The largest absolute Gasteiger partial charge is 0.490 e. The summed E-state index contributed by atoms with van der Waals surface area (Å²) in [4.78, 5) is 23.7. The van der Waals surface area contributed by atoms with Gasteiger partial charge in [0.1, 0.15) is 0 Å². The zero-order chi connectivity index (χ0) is 11.7. The van der Waals surface area contributed by atoms with Gasteiger partial charge in [0, 0.05) is 16.1 Å². The normalized spacial score (nSPS) is 14.5. The van der Waals surface area contributed by atoms with Crippen molar-refractivity contribution in [1.82, 2.24) is 0 Å². The van der Waals surface area contributed by atoms with E-state index in [1.165, 1.54) is 6.08 Å². The van der Waals surface area contributed by atoms with Crippen LogP contribution in [0, 0.1) is 0 Å². The zero-order valence-corrected chi connectivity index (χ0v) is 10.2. The molecule has 0 aliphatic heterocycles. The number of carbonyl (C=O) groups excluding carboxylic acids is 2. The number of hydrogen-bond donors (Lipinski definition) is 0. The summed E-state index contributed by atoms with van der Waals surface area (Å²) < 4.78 is 5.77. The quantitative estimate of drug-likeness (QED) is 0.837. The van der Waals surface area contributed by atoms with Gasteiger partial charge in [-0.05, 0) is 13.0 Å². The summed E-state index contributed by atoms with van der Waals surface area (Å²) in [5.41, 5.74) is 0.807. The Morgan fingerprint density at radius 3 is 2.75 bits per heavy atom. The van der Waals surface area contributed by atoms with Gasteiger partial charge in [-0.2, -0.15) is 0 Å². The number of ether oxygens (including phenoxy) is 1. The minimum Gasteiger partial charge on any atom is -0.490 e. The predicted molar refractivity (Wildman–Crippen MR) is 62.5 cm³/mol. The van der Waals surface area contributed by atoms with Crippen LogP contribution >= 0.6 is 15.9 Å². The standard InChI is InChI=1S/C12H9BrO3/c1-2-16-10-6-9(14)7-4-3-5-8(13)11(7)12(10)15/h3-6H,2H2,1H3. The van der Waals surface area contributed by atoms with Crippen LogP contribution in [0.4, 0.5) is 0 Å². The molecule has 16 heavy (non-hydrogen) atoms. The van der Waals surface area contributed by atoms with Crippen molar-refractivity contribution in [3.05, 3.63) is 45.6 Å². The molecule has 1 aliphatic carbocycles. The number of hydrogen-bond acceptors (Lipinski definition) is 3. The highest BCUT2D eigenvalue weighted by molar-refractivity contribution is 9.10. The molecule has 0 saturated carbocycles. The lowest BCUT2D eigenvalue weighted by Gasteiger charge is -2.15. The van der Waals surface area contributed by atoms with E-state index < -0.39 is 0 Å². The summed E-state index contributed by atoms with van der Waals surface area (Å²) in [6.07, 6.45) is 1.25. The first-order chi connectivity index (χ1) is 7.65. The Balaban J connectivity index is 2.57. The molecule has 0 unspecified atom stereocenters. The Bertz CT molecular complexity index is 503. The molecule has 0 atom stereocenters. The van der Waals surface area contributed by atoms with Crippen LogP contribution in [0.1, 0.15) is 27.6 Å². The van der Waals surface area contributed by atoms with Gasteiger partial charge < -0.3 is 4.74 Å². The lowest BCUT2D eigenvalue weighted by molar-refractivity contribution is 0.0891. The maximum absolute atomic E-state index is 12.0. The van der Waals surface area contributed by atoms with Crippen molar-refractivity contribution in [2.75, 3.05) is 6.61 Å². The Kier molecular flexibility index (Phi) is 2.92. The van der Waals surface area contributed by atoms with Gasteiger partial charge in [0.05, 0.1) is 12.2 Å². The highest BCUT2D eigenvalue weighted by atomic mass is 79.9. The van der Waals surface area contributed by atoms with Crippen LogP contribution in [0.2, 0.25) is 0 Å². The highest BCUT2D eigenvalue weighted by Gasteiger charge is 2.28. The number of fused-ring (bicyclic) bond motifs is 1. The van der Waals surface area contributed by atoms with Crippen LogP contribution in [0.3, 0.4) is 0 Å². The Morgan fingerprint density at radius 1 is 1.31 bits per heavy atom. The topological polar surface area (TPSA) is 43.4 Å². The first-order valence-electron chi connectivity index (χ1n) is 4.87. The molecular weight excluding hydrogens is 272 g/mol. The molecule has 0 fully saturated rings. The van der Waals surface area contributed by atoms with Crippen LogP contribution in [-0.2, 0) is 4.74 Å². The molecule has 0 heterocycles. The zero-order valence-electron chi connectivity index (χ0n) is 8.62. The van der Waals surface area contributed by atoms with E-state index >= 15 is 0 Å². The number of ketones is 2. The third kappa shape index (κ3) is 1.69. The van der Waals surface area contributed by atoms with Crippen molar-refractivity contribution < 1.29 is 14.3 Å². The number of carbonyl (C=O) groups is 2. The van der Waals surface area contributed by atoms with Crippen molar-refractivity contribution in [1.29, 1.82) is 0 Å². The maximum atomic E-state index is 12.0. The van der Waals surface area contributed by atoms with E-state index in [2.05, 4.69) is 15.9 Å². The van der Waals surface area contributed by atoms with Crippen molar-refractivity contribution in [2.24, 2.45) is 0 Å². The lowest BCUT2D eigenvalue weighted by atomic mass is 9.94. The van der Waals surface area contributed by atoms with Crippen molar-refractivity contribution in [2.45, 2.75) is 6.92 Å². The van der Waals surface area contributed by atoms with Crippen LogP contribution in [0.15, 0.2) is 34.5 Å². The van der Waals surface area contributed by atoms with Crippen LogP contribution < -0.4 is 0 Å². The van der Waals surface area contributed by atoms with Crippen molar-refractivity contribution >= 4 is 27.5 Å². The fourth-order valence-corrected chi connectivity index (χ4v) is 2.15. The van der Waals surface area contributed by atoms with Crippen LogP contribution in [-0.4, -0.2) is 18.2 Å². The van der Waals surface area contributed by atoms with Gasteiger partial charge in [0.25, 0.3) is 0 Å². The van der Waals surface area contributed by atoms with Crippen molar-refractivity contribution in [3.63, 3.8) is 0 Å². The maximum Gasteiger partial charge on any atom is 0.229 e. The number of allylic oxidation sites excluding steroid dienone is 2. The van der Waals surface area contributed by atoms with Gasteiger partial charge in [-0.3, -0.25) is 9.59 Å². The van der Waals surface area contributed by atoms with E-state index in [9.17, 15) is 9.59 Å². The minimum atomic E-state index is -0.246. The second-order valence-electron chi connectivity index (χ2n) is 3.30. The van der Waals surface area contributed by atoms with Crippen LogP contribution in [0.25, 0.3) is 0 Å². The average molecular weight is 281 g/mol. The average Bonchev–Trinajstić information content (AvgIpc) is 2.25. The number of rotatable bonds is 2. The number of Topliss-reactive ketones (excluding diaryl/α,β-unsaturated/α-hetero) is 1. The Morgan fingerprint density at radius 2 is 2.06 bits per heavy atom. The molecular formula is C12H9BrO3. The second kappa shape index (κ2) is 4.22. The summed E-state index contributed by atoms with van der Waals surface area (Å²) in [7, 11) is 0. The van der Waals surface area contributed by atoms with Gasteiger partial charge in [0.2, 0.25) is 5.78 Å². The molecule has 82 valence electrons. The highest BCUT2D eigenvalue weighted by Crippen LogP contribution is 2.28. The molecule has 3 nitrogen and oxygen atoms in total. The first kappa shape index (κ1) is 11.1. The smallest absolute Gasteiger partial charge is 0.229 e. The van der Waals surface area contributed by atoms with E-state index in [0.29, 0.717) is 22.2 Å². The molecule has 1 aliphatic rings. The van der Waals surface area contributed by atoms with Crippen LogP contribution in [0.5, 0.6) is 0 Å². The van der Waals surface area contributed by atoms with Gasteiger partial charge in [0.15, 0.2) is 11.5 Å². The fourth-order valence-electron chi connectivity index (χ4n) is 1.61. The lowest BCUT2D eigenvalue weighted by Crippen LogP contribution is -2.19. The first-order valence-corrected chi connectivity index (χ1v) is 5.66. The van der Waals surface area contributed by atoms with E-state index in [1.807, 2.05) is 0 Å². The molecule has 0 radical (unpaired) electrons. The summed E-state index contributed by atoms with van der Waals surface area (Å²) in [5, 5.41) is 0. The van der Waals surface area contributed by atoms with E-state index in [1.54, 1.807) is 25.1 Å². The summed E-state index contributed by atoms with van der Waals surface area (Å²) >= 11 is 3.27. The van der Waals surface area contributed by atoms with Gasteiger partial charge in [-0.25, -0.2) is 0 Å². The fraction of sp³-hybridized carbons (Fsp3) is 0.167. The molecule has 1 aromatic rings. The molecule has 0 amide bonds. The van der Waals surface area contributed by atoms with Gasteiger partial charge in [-0.1, -0.05) is 28.1 Å². The van der Waals surface area contributed by atoms with Gasteiger partial charge in [-0.15, -0.1) is 0 Å². The minimum absolute atomic E-state index is 0.118. The summed E-state index contributed by atoms with van der Waals surface area (Å²) in [5.74, 6) is -0.324. The number of benzene rings is 1. The summed E-state index contributed by atoms with van der Waals surface area (Å²) in [6, 6.07) is 5.10. The van der Waals surface area contributed by atoms with E-state index in [-0.39, 0.29) is 17.3 Å². The molecule has 1 aromatic carbocycles. The molecule has 0 spiro atoms. The monoisotopic (exact) mass is 280 g/mol. The Labute approximate surface area is 101 Å². The van der Waals surface area contributed by atoms with Gasteiger partial charge >= 0.3 is 0 Å². The van der Waals surface area contributed by atoms with E-state index in [4.69, 9.17) is 4.74 Å². The third-order valence-electron chi connectivity index (χ3n) is 2.29. The predicted octanol–water partition coefficient (Wildman–Crippen LogP) is 2.75.